The molecular formula is C11H26N2. The first-order chi connectivity index (χ1) is 6.00. The van der Waals surface area contributed by atoms with E-state index in [1.54, 1.807) is 0 Å². The van der Waals surface area contributed by atoms with E-state index in [2.05, 4.69) is 39.5 Å². The number of nitrogens with two attached hydrogens (primary N) is 1. The van der Waals surface area contributed by atoms with Crippen LogP contribution in [-0.4, -0.2) is 30.1 Å². The fourth-order valence-electron chi connectivity index (χ4n) is 1.67. The molecule has 0 spiro atoms. The lowest BCUT2D eigenvalue weighted by Gasteiger charge is -2.40. The van der Waals surface area contributed by atoms with Gasteiger partial charge in [0.2, 0.25) is 0 Å². The van der Waals surface area contributed by atoms with Crippen molar-refractivity contribution in [1.29, 1.82) is 0 Å². The Bertz CT molecular complexity index is 128. The molecule has 0 bridgehead atoms. The van der Waals surface area contributed by atoms with Gasteiger partial charge in [0.15, 0.2) is 0 Å². The highest BCUT2D eigenvalue weighted by Crippen LogP contribution is 2.18. The molecule has 0 aliphatic rings. The summed E-state index contributed by atoms with van der Waals surface area (Å²) in [5.41, 5.74) is 6.02. The van der Waals surface area contributed by atoms with Crippen LogP contribution in [0.4, 0.5) is 0 Å². The fraction of sp³-hybridized carbons (Fsp3) is 1.00. The summed E-state index contributed by atoms with van der Waals surface area (Å²) in [5.74, 6) is 0.720. The van der Waals surface area contributed by atoms with Crippen LogP contribution in [0.25, 0.3) is 0 Å². The van der Waals surface area contributed by atoms with E-state index in [-0.39, 0.29) is 5.54 Å². The lowest BCUT2D eigenvalue weighted by Crippen LogP contribution is -2.52. The summed E-state index contributed by atoms with van der Waals surface area (Å²) in [5, 5.41) is 0. The highest BCUT2D eigenvalue weighted by Gasteiger charge is 2.27. The van der Waals surface area contributed by atoms with Crippen LogP contribution >= 0.6 is 0 Å². The van der Waals surface area contributed by atoms with Crippen molar-refractivity contribution < 1.29 is 0 Å². The summed E-state index contributed by atoms with van der Waals surface area (Å²) in [6, 6.07) is 0. The van der Waals surface area contributed by atoms with Crippen molar-refractivity contribution in [3.05, 3.63) is 0 Å². The molecule has 0 fully saturated rings. The summed E-state index contributed by atoms with van der Waals surface area (Å²) in [6.45, 7) is 14.2. The Labute approximate surface area is 83.5 Å². The van der Waals surface area contributed by atoms with Gasteiger partial charge in [-0.15, -0.1) is 0 Å². The summed E-state index contributed by atoms with van der Waals surface area (Å²) < 4.78 is 0. The summed E-state index contributed by atoms with van der Waals surface area (Å²) >= 11 is 0. The van der Waals surface area contributed by atoms with Gasteiger partial charge in [0.25, 0.3) is 0 Å². The van der Waals surface area contributed by atoms with Gasteiger partial charge in [-0.1, -0.05) is 27.7 Å². The van der Waals surface area contributed by atoms with Gasteiger partial charge in [0.1, 0.15) is 0 Å². The number of hydrogen-bond acceptors (Lipinski definition) is 2. The van der Waals surface area contributed by atoms with Gasteiger partial charge in [-0.3, -0.25) is 4.90 Å². The van der Waals surface area contributed by atoms with Gasteiger partial charge >= 0.3 is 0 Å². The van der Waals surface area contributed by atoms with Gasteiger partial charge in [-0.2, -0.15) is 0 Å². The molecule has 0 radical (unpaired) electrons. The fourth-order valence-corrected chi connectivity index (χ4v) is 1.67. The maximum Gasteiger partial charge on any atom is 0.0300 e. The minimum atomic E-state index is 0.193. The SMILES string of the molecule is CCN(CC(C)C)C(C)(CC)CN. The van der Waals surface area contributed by atoms with Gasteiger partial charge in [0, 0.05) is 18.6 Å². The predicted octanol–water partition coefficient (Wildman–Crippen LogP) is 2.09. The smallest absolute Gasteiger partial charge is 0.0300 e. The maximum atomic E-state index is 5.83. The molecule has 0 saturated carbocycles. The van der Waals surface area contributed by atoms with Crippen LogP contribution in [0.15, 0.2) is 0 Å². The van der Waals surface area contributed by atoms with E-state index in [1.165, 1.54) is 0 Å². The maximum absolute atomic E-state index is 5.83. The normalized spacial score (nSPS) is 16.6. The molecule has 2 nitrogen and oxygen atoms in total. The summed E-state index contributed by atoms with van der Waals surface area (Å²) in [4.78, 5) is 2.50. The molecule has 0 aromatic heterocycles. The zero-order valence-electron chi connectivity index (χ0n) is 9.93. The zero-order chi connectivity index (χ0) is 10.5. The topological polar surface area (TPSA) is 29.3 Å². The predicted molar refractivity (Wildman–Crippen MR) is 59.8 cm³/mol. The second-order valence-electron chi connectivity index (χ2n) is 4.49. The van der Waals surface area contributed by atoms with Crippen LogP contribution in [0.1, 0.15) is 41.0 Å². The second-order valence-corrected chi connectivity index (χ2v) is 4.49. The van der Waals surface area contributed by atoms with Crippen LogP contribution in [0.2, 0.25) is 0 Å². The van der Waals surface area contributed by atoms with Crippen molar-refractivity contribution in [3.63, 3.8) is 0 Å². The number of rotatable bonds is 6. The van der Waals surface area contributed by atoms with Crippen LogP contribution in [0.3, 0.4) is 0 Å². The molecule has 0 rings (SSSR count). The van der Waals surface area contributed by atoms with Crippen LogP contribution in [0, 0.1) is 5.92 Å². The van der Waals surface area contributed by atoms with Crippen LogP contribution in [-0.2, 0) is 0 Å². The minimum Gasteiger partial charge on any atom is -0.329 e. The first kappa shape index (κ1) is 12.9. The van der Waals surface area contributed by atoms with Crippen LogP contribution < -0.4 is 5.73 Å². The molecule has 0 amide bonds. The standard InChI is InChI=1S/C11H26N2/c1-6-11(5,9-12)13(7-2)8-10(3)4/h10H,6-9,12H2,1-5H3. The van der Waals surface area contributed by atoms with E-state index < -0.39 is 0 Å². The molecule has 2 heteroatoms. The highest BCUT2D eigenvalue weighted by molar-refractivity contribution is 4.85. The van der Waals surface area contributed by atoms with Crippen molar-refractivity contribution in [2.45, 2.75) is 46.6 Å². The third kappa shape index (κ3) is 3.65. The van der Waals surface area contributed by atoms with E-state index >= 15 is 0 Å². The van der Waals surface area contributed by atoms with E-state index in [9.17, 15) is 0 Å². The Hall–Kier alpha value is -0.0800. The molecule has 0 aromatic carbocycles. The molecule has 1 unspecified atom stereocenters. The minimum absolute atomic E-state index is 0.193. The Kier molecular flexibility index (Phi) is 5.57. The average molecular weight is 186 g/mol. The molecule has 0 heterocycles. The van der Waals surface area contributed by atoms with E-state index in [0.717, 1.165) is 32.0 Å². The van der Waals surface area contributed by atoms with E-state index in [4.69, 9.17) is 5.73 Å². The van der Waals surface area contributed by atoms with E-state index in [0.29, 0.717) is 0 Å². The lowest BCUT2D eigenvalue weighted by molar-refractivity contribution is 0.0983. The molecule has 0 aromatic rings. The number of nitrogens with zero attached hydrogens (tertiary/aromatic N) is 1. The Morgan fingerprint density at radius 3 is 2.08 bits per heavy atom. The quantitative estimate of drug-likeness (QED) is 0.688. The van der Waals surface area contributed by atoms with Crippen molar-refractivity contribution in [2.75, 3.05) is 19.6 Å². The van der Waals surface area contributed by atoms with Crippen molar-refractivity contribution in [2.24, 2.45) is 11.7 Å². The molecular weight excluding hydrogens is 160 g/mol. The Balaban J connectivity index is 4.34. The molecule has 0 saturated heterocycles. The Morgan fingerprint density at radius 1 is 1.31 bits per heavy atom. The number of likely N-dealkylation sites (N-methyl/N-ethyl adjacent to an activating group) is 1. The summed E-state index contributed by atoms with van der Waals surface area (Å²) in [6.07, 6.45) is 1.13. The highest BCUT2D eigenvalue weighted by atomic mass is 15.2. The average Bonchev–Trinajstić information content (AvgIpc) is 2.12. The van der Waals surface area contributed by atoms with Gasteiger partial charge < -0.3 is 5.73 Å². The molecule has 2 N–H and O–H groups in total. The molecule has 0 aliphatic heterocycles. The third-order valence-electron chi connectivity index (χ3n) is 2.93. The molecule has 13 heavy (non-hydrogen) atoms. The third-order valence-corrected chi connectivity index (χ3v) is 2.93. The van der Waals surface area contributed by atoms with E-state index in [1.807, 2.05) is 0 Å². The van der Waals surface area contributed by atoms with Crippen LogP contribution in [0.5, 0.6) is 0 Å². The second kappa shape index (κ2) is 5.61. The zero-order valence-corrected chi connectivity index (χ0v) is 9.93. The molecule has 80 valence electrons. The number of hydrogen-bond donors (Lipinski definition) is 1. The van der Waals surface area contributed by atoms with Crippen molar-refractivity contribution >= 4 is 0 Å². The van der Waals surface area contributed by atoms with Gasteiger partial charge in [-0.25, -0.2) is 0 Å². The van der Waals surface area contributed by atoms with Gasteiger partial charge in [0.05, 0.1) is 0 Å². The lowest BCUT2D eigenvalue weighted by atomic mass is 9.95. The first-order valence-corrected chi connectivity index (χ1v) is 5.45. The Morgan fingerprint density at radius 2 is 1.85 bits per heavy atom. The monoisotopic (exact) mass is 186 g/mol. The largest absolute Gasteiger partial charge is 0.329 e. The first-order valence-electron chi connectivity index (χ1n) is 5.45. The van der Waals surface area contributed by atoms with Crippen molar-refractivity contribution in [3.8, 4) is 0 Å². The van der Waals surface area contributed by atoms with Crippen molar-refractivity contribution in [1.82, 2.24) is 4.90 Å². The van der Waals surface area contributed by atoms with Gasteiger partial charge in [-0.05, 0) is 25.8 Å². The molecule has 0 aliphatic carbocycles. The summed E-state index contributed by atoms with van der Waals surface area (Å²) in [7, 11) is 0. The molecule has 1 atom stereocenters.